The van der Waals surface area contributed by atoms with E-state index in [1.165, 1.54) is 6.20 Å². The average Bonchev–Trinajstić information content (AvgIpc) is 2.59. The van der Waals surface area contributed by atoms with Gasteiger partial charge in [-0.3, -0.25) is 9.89 Å². The number of rotatable bonds is 4. The van der Waals surface area contributed by atoms with E-state index in [1.807, 2.05) is 13.8 Å². The van der Waals surface area contributed by atoms with Gasteiger partial charge < -0.3 is 10.6 Å². The minimum absolute atomic E-state index is 0.0956. The number of aromatic amines is 1. The van der Waals surface area contributed by atoms with Crippen molar-refractivity contribution in [2.45, 2.75) is 19.9 Å². The van der Waals surface area contributed by atoms with Crippen molar-refractivity contribution in [1.29, 1.82) is 0 Å². The molecule has 1 heterocycles. The number of hydrogen-bond acceptors (Lipinski definition) is 3. The second-order valence-electron chi connectivity index (χ2n) is 3.54. The van der Waals surface area contributed by atoms with Crippen LogP contribution in [0.25, 0.3) is 0 Å². The summed E-state index contributed by atoms with van der Waals surface area (Å²) >= 11 is 0. The molecule has 82 valence electrons. The first kappa shape index (κ1) is 11.3. The molecule has 0 aromatic carbocycles. The fourth-order valence-electron chi connectivity index (χ4n) is 1.28. The number of anilines is 1. The topological polar surface area (TPSA) is 75.0 Å². The van der Waals surface area contributed by atoms with Gasteiger partial charge in [0.25, 0.3) is 5.91 Å². The van der Waals surface area contributed by atoms with E-state index >= 15 is 0 Å². The molecular weight excluding hydrogens is 192 g/mol. The molecule has 0 aliphatic heterocycles. The molecule has 0 saturated carbocycles. The number of nitrogens with one attached hydrogen (secondary N) is 1. The highest BCUT2D eigenvalue weighted by Crippen LogP contribution is 2.11. The molecule has 0 radical (unpaired) electrons. The van der Waals surface area contributed by atoms with Crippen LogP contribution < -0.4 is 5.73 Å². The summed E-state index contributed by atoms with van der Waals surface area (Å²) in [5.74, 6) is -0.153. The number of nitrogens with two attached hydrogens (primary N) is 1. The van der Waals surface area contributed by atoms with Crippen LogP contribution in [0.15, 0.2) is 18.9 Å². The van der Waals surface area contributed by atoms with Gasteiger partial charge in [0.1, 0.15) is 5.69 Å². The molecule has 0 aliphatic carbocycles. The van der Waals surface area contributed by atoms with Gasteiger partial charge in [-0.25, -0.2) is 0 Å². The zero-order chi connectivity index (χ0) is 11.4. The van der Waals surface area contributed by atoms with Crippen molar-refractivity contribution < 1.29 is 4.79 Å². The first-order valence-corrected chi connectivity index (χ1v) is 4.78. The zero-order valence-electron chi connectivity index (χ0n) is 9.03. The van der Waals surface area contributed by atoms with Crippen LogP contribution in [-0.2, 0) is 0 Å². The normalized spacial score (nSPS) is 10.3. The number of H-pyrrole nitrogens is 1. The number of carbonyl (C=O) groups is 1. The van der Waals surface area contributed by atoms with E-state index in [4.69, 9.17) is 5.73 Å². The van der Waals surface area contributed by atoms with Gasteiger partial charge in [-0.2, -0.15) is 5.10 Å². The number of hydrogen-bond donors (Lipinski definition) is 2. The van der Waals surface area contributed by atoms with E-state index in [0.717, 1.165) is 0 Å². The van der Waals surface area contributed by atoms with Gasteiger partial charge in [-0.1, -0.05) is 6.08 Å². The number of amides is 1. The lowest BCUT2D eigenvalue weighted by molar-refractivity contribution is 0.0724. The van der Waals surface area contributed by atoms with E-state index in [0.29, 0.717) is 17.9 Å². The predicted octanol–water partition coefficient (Wildman–Crippen LogP) is 1.03. The molecule has 15 heavy (non-hydrogen) atoms. The van der Waals surface area contributed by atoms with Crippen LogP contribution in [0, 0.1) is 0 Å². The Hall–Kier alpha value is -1.78. The molecule has 0 aliphatic rings. The molecule has 0 spiro atoms. The fourth-order valence-corrected chi connectivity index (χ4v) is 1.28. The van der Waals surface area contributed by atoms with Gasteiger partial charge in [-0.05, 0) is 13.8 Å². The summed E-state index contributed by atoms with van der Waals surface area (Å²) in [6.07, 6.45) is 3.12. The number of nitrogen functional groups attached to an aromatic ring is 1. The van der Waals surface area contributed by atoms with Crippen LogP contribution in [0.2, 0.25) is 0 Å². The highest BCUT2D eigenvalue weighted by molar-refractivity contribution is 5.97. The Labute approximate surface area is 89.0 Å². The minimum atomic E-state index is -0.153. The zero-order valence-corrected chi connectivity index (χ0v) is 9.03. The molecule has 1 rings (SSSR count). The van der Waals surface area contributed by atoms with Gasteiger partial charge in [-0.15, -0.1) is 6.58 Å². The van der Waals surface area contributed by atoms with Crippen LogP contribution in [0.5, 0.6) is 0 Å². The standard InChI is InChI=1S/C10H16N4O/c1-4-5-14(7(2)3)10(15)9-8(11)6-12-13-9/h4,6-7H,1,5,11H2,2-3H3,(H,12,13). The third-order valence-electron chi connectivity index (χ3n) is 2.09. The van der Waals surface area contributed by atoms with Gasteiger partial charge in [0.2, 0.25) is 0 Å². The lowest BCUT2D eigenvalue weighted by atomic mass is 10.2. The van der Waals surface area contributed by atoms with Crippen LogP contribution >= 0.6 is 0 Å². The Bertz CT molecular complexity index is 356. The predicted molar refractivity (Wildman–Crippen MR) is 59.4 cm³/mol. The summed E-state index contributed by atoms with van der Waals surface area (Å²) in [4.78, 5) is 13.6. The van der Waals surface area contributed by atoms with Crippen molar-refractivity contribution in [3.8, 4) is 0 Å². The maximum Gasteiger partial charge on any atom is 0.274 e. The van der Waals surface area contributed by atoms with E-state index in [1.54, 1.807) is 11.0 Å². The molecule has 0 atom stereocenters. The van der Waals surface area contributed by atoms with E-state index in [2.05, 4.69) is 16.8 Å². The molecule has 0 saturated heterocycles. The Morgan fingerprint density at radius 1 is 1.80 bits per heavy atom. The molecular formula is C10H16N4O. The smallest absolute Gasteiger partial charge is 0.274 e. The summed E-state index contributed by atoms with van der Waals surface area (Å²) in [5.41, 5.74) is 6.32. The van der Waals surface area contributed by atoms with Crippen molar-refractivity contribution in [1.82, 2.24) is 15.1 Å². The molecule has 1 aromatic heterocycles. The summed E-state index contributed by atoms with van der Waals surface area (Å²) in [6.45, 7) is 7.99. The second-order valence-corrected chi connectivity index (χ2v) is 3.54. The third-order valence-corrected chi connectivity index (χ3v) is 2.09. The summed E-state index contributed by atoms with van der Waals surface area (Å²) in [6, 6.07) is 0.0956. The van der Waals surface area contributed by atoms with Crippen molar-refractivity contribution in [3.63, 3.8) is 0 Å². The Morgan fingerprint density at radius 3 is 2.87 bits per heavy atom. The molecule has 0 fully saturated rings. The summed E-state index contributed by atoms with van der Waals surface area (Å²) in [7, 11) is 0. The SMILES string of the molecule is C=CCN(C(=O)c1[nH]ncc1N)C(C)C. The lowest BCUT2D eigenvalue weighted by Gasteiger charge is -2.24. The fraction of sp³-hybridized carbons (Fsp3) is 0.400. The average molecular weight is 208 g/mol. The Kier molecular flexibility index (Phi) is 3.49. The minimum Gasteiger partial charge on any atom is -0.396 e. The first-order valence-electron chi connectivity index (χ1n) is 4.78. The number of nitrogens with zero attached hydrogens (tertiary/aromatic N) is 2. The highest BCUT2D eigenvalue weighted by atomic mass is 16.2. The molecule has 1 aromatic rings. The van der Waals surface area contributed by atoms with Crippen LogP contribution in [-0.4, -0.2) is 33.6 Å². The van der Waals surface area contributed by atoms with Gasteiger partial charge in [0, 0.05) is 12.6 Å². The van der Waals surface area contributed by atoms with Gasteiger partial charge in [0.05, 0.1) is 11.9 Å². The maximum atomic E-state index is 12.0. The highest BCUT2D eigenvalue weighted by Gasteiger charge is 2.20. The molecule has 5 nitrogen and oxygen atoms in total. The van der Waals surface area contributed by atoms with E-state index in [-0.39, 0.29) is 11.9 Å². The van der Waals surface area contributed by atoms with Crippen molar-refractivity contribution >= 4 is 11.6 Å². The monoisotopic (exact) mass is 208 g/mol. The largest absolute Gasteiger partial charge is 0.396 e. The van der Waals surface area contributed by atoms with Crippen molar-refractivity contribution in [3.05, 3.63) is 24.5 Å². The maximum absolute atomic E-state index is 12.0. The first-order chi connectivity index (χ1) is 7.07. The number of aromatic nitrogens is 2. The van der Waals surface area contributed by atoms with E-state index < -0.39 is 0 Å². The van der Waals surface area contributed by atoms with Gasteiger partial charge in [0.15, 0.2) is 0 Å². The third kappa shape index (κ3) is 2.37. The van der Waals surface area contributed by atoms with Crippen molar-refractivity contribution in [2.24, 2.45) is 0 Å². The van der Waals surface area contributed by atoms with Crippen LogP contribution in [0.3, 0.4) is 0 Å². The molecule has 5 heteroatoms. The molecule has 0 bridgehead atoms. The molecule has 0 unspecified atom stereocenters. The van der Waals surface area contributed by atoms with Crippen molar-refractivity contribution in [2.75, 3.05) is 12.3 Å². The number of carbonyl (C=O) groups excluding carboxylic acids is 1. The van der Waals surface area contributed by atoms with E-state index in [9.17, 15) is 4.79 Å². The lowest BCUT2D eigenvalue weighted by Crippen LogP contribution is -2.37. The summed E-state index contributed by atoms with van der Waals surface area (Å²) in [5, 5.41) is 6.32. The Morgan fingerprint density at radius 2 is 2.47 bits per heavy atom. The summed E-state index contributed by atoms with van der Waals surface area (Å²) < 4.78 is 0. The van der Waals surface area contributed by atoms with Crippen LogP contribution in [0.4, 0.5) is 5.69 Å². The second kappa shape index (κ2) is 4.63. The molecule has 3 N–H and O–H groups in total. The Balaban J connectivity index is 2.90. The van der Waals surface area contributed by atoms with Gasteiger partial charge >= 0.3 is 0 Å². The molecule has 1 amide bonds. The quantitative estimate of drug-likeness (QED) is 0.725. The van der Waals surface area contributed by atoms with Crippen LogP contribution in [0.1, 0.15) is 24.3 Å².